The summed E-state index contributed by atoms with van der Waals surface area (Å²) < 4.78 is 5.83. The number of benzene rings is 2. The first-order chi connectivity index (χ1) is 11.2. The van der Waals surface area contributed by atoms with Gasteiger partial charge in [-0.05, 0) is 25.3 Å². The molecule has 4 heteroatoms. The fraction of sp³-hybridized carbons (Fsp3) is 0.368. The van der Waals surface area contributed by atoms with Crippen LogP contribution in [0.1, 0.15) is 20.3 Å². The minimum absolute atomic E-state index is 0.112. The van der Waals surface area contributed by atoms with Crippen molar-refractivity contribution in [1.82, 2.24) is 4.90 Å². The van der Waals surface area contributed by atoms with Crippen molar-refractivity contribution in [3.05, 3.63) is 42.5 Å². The normalized spacial score (nSPS) is 11.7. The van der Waals surface area contributed by atoms with Gasteiger partial charge >= 0.3 is 0 Å². The van der Waals surface area contributed by atoms with Gasteiger partial charge < -0.3 is 9.64 Å². The van der Waals surface area contributed by atoms with E-state index in [9.17, 15) is 10.1 Å². The van der Waals surface area contributed by atoms with E-state index in [2.05, 4.69) is 6.07 Å². The lowest BCUT2D eigenvalue weighted by Crippen LogP contribution is -2.36. The summed E-state index contributed by atoms with van der Waals surface area (Å²) in [5.74, 6) is 0.0268. The quantitative estimate of drug-likeness (QED) is 0.785. The topological polar surface area (TPSA) is 53.3 Å². The molecule has 0 N–H and O–H groups in total. The Morgan fingerprint density at radius 3 is 2.57 bits per heavy atom. The van der Waals surface area contributed by atoms with Gasteiger partial charge in [0, 0.05) is 24.9 Å². The van der Waals surface area contributed by atoms with E-state index in [1.807, 2.05) is 56.3 Å². The van der Waals surface area contributed by atoms with Gasteiger partial charge in [0.2, 0.25) is 5.91 Å². The number of rotatable bonds is 7. The molecule has 1 amide bonds. The van der Waals surface area contributed by atoms with Crippen LogP contribution in [-0.2, 0) is 4.79 Å². The second-order valence-electron chi connectivity index (χ2n) is 5.31. The smallest absolute Gasteiger partial charge is 0.240 e. The van der Waals surface area contributed by atoms with Crippen molar-refractivity contribution in [3.63, 3.8) is 0 Å². The summed E-state index contributed by atoms with van der Waals surface area (Å²) in [5, 5.41) is 11.4. The summed E-state index contributed by atoms with van der Waals surface area (Å²) in [7, 11) is 0. The van der Waals surface area contributed by atoms with Crippen molar-refractivity contribution in [3.8, 4) is 11.8 Å². The third kappa shape index (κ3) is 4.01. The number of hydrogen-bond donors (Lipinski definition) is 0. The number of nitriles is 1. The van der Waals surface area contributed by atoms with Gasteiger partial charge in [-0.15, -0.1) is 0 Å². The molecule has 2 rings (SSSR count). The molecule has 0 aliphatic heterocycles. The molecule has 4 nitrogen and oxygen atoms in total. The van der Waals surface area contributed by atoms with E-state index in [1.165, 1.54) is 0 Å². The molecule has 0 heterocycles. The lowest BCUT2D eigenvalue weighted by molar-refractivity contribution is -0.133. The molecule has 0 aromatic heterocycles. The van der Waals surface area contributed by atoms with E-state index in [4.69, 9.17) is 4.74 Å². The maximum atomic E-state index is 12.2. The molecule has 2 aromatic rings. The largest absolute Gasteiger partial charge is 0.493 e. The van der Waals surface area contributed by atoms with Gasteiger partial charge in [0.05, 0.1) is 12.7 Å². The van der Waals surface area contributed by atoms with Crippen LogP contribution in [0.4, 0.5) is 0 Å². The molecule has 2 aromatic carbocycles. The molecule has 0 aliphatic carbocycles. The van der Waals surface area contributed by atoms with Crippen LogP contribution in [0.3, 0.4) is 0 Å². The highest BCUT2D eigenvalue weighted by molar-refractivity contribution is 5.88. The zero-order valence-electron chi connectivity index (χ0n) is 13.7. The van der Waals surface area contributed by atoms with E-state index < -0.39 is 5.92 Å². The monoisotopic (exact) mass is 310 g/mol. The van der Waals surface area contributed by atoms with Gasteiger partial charge in [0.15, 0.2) is 0 Å². The molecule has 0 saturated carbocycles. The summed E-state index contributed by atoms with van der Waals surface area (Å²) in [5.41, 5.74) is 0. The van der Waals surface area contributed by atoms with E-state index in [0.717, 1.165) is 16.5 Å². The van der Waals surface area contributed by atoms with Crippen molar-refractivity contribution in [2.75, 3.05) is 19.7 Å². The third-order valence-corrected chi connectivity index (χ3v) is 3.94. The van der Waals surface area contributed by atoms with Gasteiger partial charge in [-0.1, -0.05) is 36.4 Å². The first-order valence-electron chi connectivity index (χ1n) is 8.00. The highest BCUT2D eigenvalue weighted by Crippen LogP contribution is 2.25. The van der Waals surface area contributed by atoms with E-state index >= 15 is 0 Å². The molecule has 1 unspecified atom stereocenters. The number of fused-ring (bicyclic) bond motifs is 1. The lowest BCUT2D eigenvalue weighted by Gasteiger charge is -2.21. The number of amides is 1. The second-order valence-corrected chi connectivity index (χ2v) is 5.31. The third-order valence-electron chi connectivity index (χ3n) is 3.94. The Morgan fingerprint density at radius 2 is 1.87 bits per heavy atom. The van der Waals surface area contributed by atoms with Crippen LogP contribution in [0.25, 0.3) is 10.8 Å². The number of carbonyl (C=O) groups excluding carboxylic acids is 1. The first kappa shape index (κ1) is 16.8. The van der Waals surface area contributed by atoms with Crippen molar-refractivity contribution in [1.29, 1.82) is 5.26 Å². The van der Waals surface area contributed by atoms with Crippen molar-refractivity contribution >= 4 is 16.7 Å². The standard InChI is InChI=1S/C19H22N2O2/c1-3-21(4-2)19(22)16(14-20)12-13-23-18-11-7-9-15-8-5-6-10-17(15)18/h5-11,16H,3-4,12-13H2,1-2H3. The SMILES string of the molecule is CCN(CC)C(=O)C(C#N)CCOc1cccc2ccccc12. The number of nitrogens with zero attached hydrogens (tertiary/aromatic N) is 2. The van der Waals surface area contributed by atoms with Crippen LogP contribution in [0.2, 0.25) is 0 Å². The van der Waals surface area contributed by atoms with Crippen LogP contribution in [0, 0.1) is 17.2 Å². The fourth-order valence-electron chi connectivity index (χ4n) is 2.61. The predicted octanol–water partition coefficient (Wildman–Crippen LogP) is 3.62. The first-order valence-corrected chi connectivity index (χ1v) is 8.00. The molecular weight excluding hydrogens is 288 g/mol. The predicted molar refractivity (Wildman–Crippen MR) is 91.1 cm³/mol. The van der Waals surface area contributed by atoms with Crippen LogP contribution in [-0.4, -0.2) is 30.5 Å². The molecule has 0 radical (unpaired) electrons. The zero-order valence-corrected chi connectivity index (χ0v) is 13.7. The van der Waals surface area contributed by atoms with Gasteiger partial charge in [0.25, 0.3) is 0 Å². The fourth-order valence-corrected chi connectivity index (χ4v) is 2.61. The Balaban J connectivity index is 2.00. The Hall–Kier alpha value is -2.54. The number of carbonyl (C=O) groups is 1. The van der Waals surface area contributed by atoms with Gasteiger partial charge in [-0.3, -0.25) is 4.79 Å². The van der Waals surface area contributed by atoms with Gasteiger partial charge in [0.1, 0.15) is 11.7 Å². The molecule has 0 bridgehead atoms. The molecule has 1 atom stereocenters. The minimum atomic E-state index is -0.648. The average molecular weight is 310 g/mol. The maximum Gasteiger partial charge on any atom is 0.240 e. The summed E-state index contributed by atoms with van der Waals surface area (Å²) in [6, 6.07) is 16.0. The Morgan fingerprint density at radius 1 is 1.17 bits per heavy atom. The molecular formula is C19H22N2O2. The molecule has 0 fully saturated rings. The molecule has 0 aliphatic rings. The molecule has 0 spiro atoms. The maximum absolute atomic E-state index is 12.2. The second kappa shape index (κ2) is 8.19. The highest BCUT2D eigenvalue weighted by Gasteiger charge is 2.22. The van der Waals surface area contributed by atoms with Crippen molar-refractivity contribution < 1.29 is 9.53 Å². The summed E-state index contributed by atoms with van der Waals surface area (Å²) in [6.45, 7) is 5.43. The van der Waals surface area contributed by atoms with Gasteiger partial charge in [-0.2, -0.15) is 5.26 Å². The minimum Gasteiger partial charge on any atom is -0.493 e. The van der Waals surface area contributed by atoms with E-state index in [-0.39, 0.29) is 5.91 Å². The van der Waals surface area contributed by atoms with E-state index in [0.29, 0.717) is 26.1 Å². The molecule has 23 heavy (non-hydrogen) atoms. The summed E-state index contributed by atoms with van der Waals surface area (Å²) >= 11 is 0. The Labute approximate surface area is 137 Å². The lowest BCUT2D eigenvalue weighted by atomic mass is 10.1. The van der Waals surface area contributed by atoms with Crippen LogP contribution in [0.15, 0.2) is 42.5 Å². The Bertz CT molecular complexity index is 697. The van der Waals surface area contributed by atoms with Crippen LogP contribution < -0.4 is 4.74 Å². The van der Waals surface area contributed by atoms with E-state index in [1.54, 1.807) is 4.90 Å². The average Bonchev–Trinajstić information content (AvgIpc) is 2.59. The summed E-state index contributed by atoms with van der Waals surface area (Å²) in [4.78, 5) is 13.9. The highest BCUT2D eigenvalue weighted by atomic mass is 16.5. The van der Waals surface area contributed by atoms with Crippen molar-refractivity contribution in [2.24, 2.45) is 5.92 Å². The number of ether oxygens (including phenoxy) is 1. The van der Waals surface area contributed by atoms with Gasteiger partial charge in [-0.25, -0.2) is 0 Å². The van der Waals surface area contributed by atoms with Crippen LogP contribution in [0.5, 0.6) is 5.75 Å². The number of hydrogen-bond acceptors (Lipinski definition) is 3. The molecule has 0 saturated heterocycles. The Kier molecular flexibility index (Phi) is 5.99. The molecule has 120 valence electrons. The zero-order chi connectivity index (χ0) is 16.7. The van der Waals surface area contributed by atoms with Crippen molar-refractivity contribution in [2.45, 2.75) is 20.3 Å². The summed E-state index contributed by atoms with van der Waals surface area (Å²) in [6.07, 6.45) is 0.398. The van der Waals surface area contributed by atoms with Crippen LogP contribution >= 0.6 is 0 Å².